The average Bonchev–Trinajstić information content (AvgIpc) is 2.40. The highest BCUT2D eigenvalue weighted by molar-refractivity contribution is 5.68. The first-order valence-electron chi connectivity index (χ1n) is 7.19. The highest BCUT2D eigenvalue weighted by Gasteiger charge is 2.28. The van der Waals surface area contributed by atoms with Gasteiger partial charge in [-0.25, -0.2) is 9.78 Å². The zero-order valence-electron chi connectivity index (χ0n) is 12.8. The number of pyridine rings is 1. The number of likely N-dealkylation sites (tertiary alicyclic amines) is 1. The van der Waals surface area contributed by atoms with Crippen molar-refractivity contribution in [3.05, 3.63) is 18.3 Å². The lowest BCUT2D eigenvalue weighted by molar-refractivity contribution is 0.00723. The van der Waals surface area contributed by atoms with Crippen LogP contribution in [0.1, 0.15) is 33.6 Å². The molecule has 1 aromatic rings. The van der Waals surface area contributed by atoms with Gasteiger partial charge in [0.15, 0.2) is 0 Å². The summed E-state index contributed by atoms with van der Waals surface area (Å²) in [6, 6.07) is 3.48. The van der Waals surface area contributed by atoms with Gasteiger partial charge < -0.3 is 20.1 Å². The first-order chi connectivity index (χ1) is 9.83. The lowest BCUT2D eigenvalue weighted by Crippen LogP contribution is -2.46. The van der Waals surface area contributed by atoms with E-state index in [0.717, 1.165) is 12.8 Å². The van der Waals surface area contributed by atoms with Gasteiger partial charge in [-0.05, 0) is 39.7 Å². The molecule has 1 aliphatic heterocycles. The number of hydrogen-bond donors (Lipinski definition) is 1. The molecule has 0 radical (unpaired) electrons. The standard InChI is InChI=1S/C15H23N3O3/c1-15(2,3)21-14(19)18-8-4-5-12(10-18)20-13-7-6-11(16)9-17-13/h6-7,9,12H,4-5,8,10,16H2,1-3H3/t12-/m1/s1. The molecule has 21 heavy (non-hydrogen) atoms. The Morgan fingerprint density at radius 1 is 1.43 bits per heavy atom. The summed E-state index contributed by atoms with van der Waals surface area (Å²) in [6.45, 7) is 6.80. The summed E-state index contributed by atoms with van der Waals surface area (Å²) in [5.74, 6) is 0.528. The molecule has 1 saturated heterocycles. The fraction of sp³-hybridized carbons (Fsp3) is 0.600. The molecule has 6 heteroatoms. The van der Waals surface area contributed by atoms with Crippen LogP contribution in [-0.4, -0.2) is 40.8 Å². The molecule has 2 rings (SSSR count). The second-order valence-corrected chi connectivity index (χ2v) is 6.24. The van der Waals surface area contributed by atoms with E-state index in [-0.39, 0.29) is 12.2 Å². The minimum absolute atomic E-state index is 0.0672. The Morgan fingerprint density at radius 2 is 2.19 bits per heavy atom. The van der Waals surface area contributed by atoms with Crippen LogP contribution in [0, 0.1) is 0 Å². The predicted molar refractivity (Wildman–Crippen MR) is 80.1 cm³/mol. The van der Waals surface area contributed by atoms with Crippen LogP contribution in [0.5, 0.6) is 5.88 Å². The topological polar surface area (TPSA) is 77.7 Å². The normalized spacial score (nSPS) is 19.2. The van der Waals surface area contributed by atoms with E-state index in [0.29, 0.717) is 24.7 Å². The molecule has 0 spiro atoms. The maximum absolute atomic E-state index is 12.1. The first kappa shape index (κ1) is 15.4. The molecule has 2 N–H and O–H groups in total. The third-order valence-corrected chi connectivity index (χ3v) is 3.08. The number of rotatable bonds is 2. The zero-order valence-corrected chi connectivity index (χ0v) is 12.8. The highest BCUT2D eigenvalue weighted by atomic mass is 16.6. The molecular weight excluding hydrogens is 270 g/mol. The van der Waals surface area contributed by atoms with E-state index in [2.05, 4.69) is 4.98 Å². The number of piperidine rings is 1. The van der Waals surface area contributed by atoms with Gasteiger partial charge in [-0.1, -0.05) is 0 Å². The SMILES string of the molecule is CC(C)(C)OC(=O)N1CCC[C@@H](Oc2ccc(N)cn2)C1. The number of nitrogens with two attached hydrogens (primary N) is 1. The fourth-order valence-electron chi connectivity index (χ4n) is 2.16. The molecule has 1 amide bonds. The monoisotopic (exact) mass is 293 g/mol. The van der Waals surface area contributed by atoms with Crippen LogP contribution in [0.3, 0.4) is 0 Å². The summed E-state index contributed by atoms with van der Waals surface area (Å²) in [4.78, 5) is 17.9. The van der Waals surface area contributed by atoms with Gasteiger partial charge in [0.2, 0.25) is 5.88 Å². The van der Waals surface area contributed by atoms with Gasteiger partial charge in [0, 0.05) is 12.6 Å². The molecule has 1 aliphatic rings. The third kappa shape index (κ3) is 4.81. The second kappa shape index (κ2) is 6.20. The van der Waals surface area contributed by atoms with E-state index in [1.54, 1.807) is 23.2 Å². The second-order valence-electron chi connectivity index (χ2n) is 6.24. The zero-order chi connectivity index (χ0) is 15.5. The van der Waals surface area contributed by atoms with E-state index in [4.69, 9.17) is 15.2 Å². The molecular formula is C15H23N3O3. The van der Waals surface area contributed by atoms with Crippen molar-refractivity contribution in [1.82, 2.24) is 9.88 Å². The van der Waals surface area contributed by atoms with Crippen molar-refractivity contribution in [1.29, 1.82) is 0 Å². The Labute approximate surface area is 125 Å². The minimum atomic E-state index is -0.483. The van der Waals surface area contributed by atoms with Crippen LogP contribution in [0.4, 0.5) is 10.5 Å². The number of ether oxygens (including phenoxy) is 2. The number of nitrogens with zero attached hydrogens (tertiary/aromatic N) is 2. The molecule has 0 aliphatic carbocycles. The molecule has 1 fully saturated rings. The van der Waals surface area contributed by atoms with Crippen molar-refractivity contribution in [3.8, 4) is 5.88 Å². The number of aromatic nitrogens is 1. The van der Waals surface area contributed by atoms with Crippen molar-refractivity contribution in [3.63, 3.8) is 0 Å². The van der Waals surface area contributed by atoms with Crippen molar-refractivity contribution in [2.24, 2.45) is 0 Å². The van der Waals surface area contributed by atoms with Gasteiger partial charge in [0.05, 0.1) is 18.4 Å². The van der Waals surface area contributed by atoms with E-state index in [1.807, 2.05) is 20.8 Å². The van der Waals surface area contributed by atoms with Crippen LogP contribution in [0.2, 0.25) is 0 Å². The van der Waals surface area contributed by atoms with Crippen LogP contribution in [0.15, 0.2) is 18.3 Å². The van der Waals surface area contributed by atoms with E-state index in [1.165, 1.54) is 0 Å². The molecule has 0 aromatic carbocycles. The Balaban J connectivity index is 1.91. The van der Waals surface area contributed by atoms with Crippen LogP contribution >= 0.6 is 0 Å². The fourth-order valence-corrected chi connectivity index (χ4v) is 2.16. The largest absolute Gasteiger partial charge is 0.472 e. The number of hydrogen-bond acceptors (Lipinski definition) is 5. The van der Waals surface area contributed by atoms with E-state index >= 15 is 0 Å². The van der Waals surface area contributed by atoms with Crippen molar-refractivity contribution < 1.29 is 14.3 Å². The molecule has 0 unspecified atom stereocenters. The predicted octanol–water partition coefficient (Wildman–Crippen LogP) is 2.44. The lowest BCUT2D eigenvalue weighted by Gasteiger charge is -2.33. The Morgan fingerprint density at radius 3 is 2.81 bits per heavy atom. The first-order valence-corrected chi connectivity index (χ1v) is 7.19. The molecule has 116 valence electrons. The molecule has 1 aromatic heterocycles. The number of carbonyl (C=O) groups is 1. The number of anilines is 1. The van der Waals surface area contributed by atoms with Gasteiger partial charge in [-0.3, -0.25) is 0 Å². The van der Waals surface area contributed by atoms with Crippen molar-refractivity contribution in [2.45, 2.75) is 45.3 Å². The van der Waals surface area contributed by atoms with Gasteiger partial charge in [-0.2, -0.15) is 0 Å². The highest BCUT2D eigenvalue weighted by Crippen LogP contribution is 2.19. The maximum Gasteiger partial charge on any atom is 0.410 e. The Kier molecular flexibility index (Phi) is 4.55. The molecule has 0 saturated carbocycles. The van der Waals surface area contributed by atoms with Gasteiger partial charge in [0.25, 0.3) is 0 Å². The quantitative estimate of drug-likeness (QED) is 0.906. The van der Waals surface area contributed by atoms with Gasteiger partial charge in [-0.15, -0.1) is 0 Å². The van der Waals surface area contributed by atoms with Crippen LogP contribution in [-0.2, 0) is 4.74 Å². The Hall–Kier alpha value is -1.98. The number of amides is 1. The summed E-state index contributed by atoms with van der Waals surface area (Å²) >= 11 is 0. The molecule has 1 atom stereocenters. The maximum atomic E-state index is 12.1. The summed E-state index contributed by atoms with van der Waals surface area (Å²) in [5.41, 5.74) is 5.71. The van der Waals surface area contributed by atoms with E-state index < -0.39 is 5.60 Å². The minimum Gasteiger partial charge on any atom is -0.472 e. The lowest BCUT2D eigenvalue weighted by atomic mass is 10.1. The van der Waals surface area contributed by atoms with Crippen LogP contribution < -0.4 is 10.5 Å². The smallest absolute Gasteiger partial charge is 0.410 e. The average molecular weight is 293 g/mol. The van der Waals surface area contributed by atoms with Gasteiger partial charge >= 0.3 is 6.09 Å². The molecule has 6 nitrogen and oxygen atoms in total. The summed E-state index contributed by atoms with van der Waals surface area (Å²) in [5, 5.41) is 0. The van der Waals surface area contributed by atoms with Crippen molar-refractivity contribution in [2.75, 3.05) is 18.8 Å². The Bertz CT molecular complexity index is 482. The van der Waals surface area contributed by atoms with E-state index in [9.17, 15) is 4.79 Å². The number of nitrogen functional groups attached to an aromatic ring is 1. The number of carbonyl (C=O) groups excluding carboxylic acids is 1. The molecule has 0 bridgehead atoms. The molecule has 2 heterocycles. The summed E-state index contributed by atoms with van der Waals surface area (Å²) in [6.07, 6.45) is 2.98. The summed E-state index contributed by atoms with van der Waals surface area (Å²) in [7, 11) is 0. The third-order valence-electron chi connectivity index (χ3n) is 3.08. The van der Waals surface area contributed by atoms with Gasteiger partial charge in [0.1, 0.15) is 11.7 Å². The van der Waals surface area contributed by atoms with Crippen molar-refractivity contribution >= 4 is 11.8 Å². The van der Waals surface area contributed by atoms with Crippen LogP contribution in [0.25, 0.3) is 0 Å². The summed E-state index contributed by atoms with van der Waals surface area (Å²) < 4.78 is 11.2.